The number of nitrogens with one attached hydrogen (secondary N) is 1. The van der Waals surface area contributed by atoms with Crippen LogP contribution in [-0.2, 0) is 0 Å². The van der Waals surface area contributed by atoms with Gasteiger partial charge in [-0.05, 0) is 51.2 Å². The lowest BCUT2D eigenvalue weighted by atomic mass is 10.0. The molecule has 3 N–H and O–H groups in total. The van der Waals surface area contributed by atoms with E-state index in [0.717, 1.165) is 43.7 Å². The van der Waals surface area contributed by atoms with Crippen molar-refractivity contribution >= 4 is 5.82 Å². The summed E-state index contributed by atoms with van der Waals surface area (Å²) in [5.74, 6) is 0.649. The highest BCUT2D eigenvalue weighted by Crippen LogP contribution is 2.22. The van der Waals surface area contributed by atoms with Crippen molar-refractivity contribution < 1.29 is 0 Å². The minimum absolute atomic E-state index is 0.290. The molecule has 4 nitrogen and oxygen atoms in total. The zero-order valence-corrected chi connectivity index (χ0v) is 12.7. The lowest BCUT2D eigenvalue weighted by molar-refractivity contribution is 0.282. The van der Waals surface area contributed by atoms with Crippen molar-refractivity contribution in [2.24, 2.45) is 0 Å². The van der Waals surface area contributed by atoms with E-state index in [1.807, 2.05) is 6.20 Å². The molecule has 0 aliphatic carbocycles. The average molecular weight is 264 g/mol. The molecule has 0 aliphatic rings. The first-order chi connectivity index (χ1) is 9.12. The van der Waals surface area contributed by atoms with Gasteiger partial charge in [0.25, 0.3) is 0 Å². The number of aromatic nitrogens is 1. The Morgan fingerprint density at radius 1 is 1.32 bits per heavy atom. The van der Waals surface area contributed by atoms with Gasteiger partial charge in [-0.15, -0.1) is 0 Å². The first-order valence-corrected chi connectivity index (χ1v) is 7.30. The van der Waals surface area contributed by atoms with E-state index in [2.05, 4.69) is 49.0 Å². The van der Waals surface area contributed by atoms with Crippen LogP contribution in [-0.4, -0.2) is 36.1 Å². The van der Waals surface area contributed by atoms with Gasteiger partial charge in [-0.3, -0.25) is 0 Å². The smallest absolute Gasteiger partial charge is 0.128 e. The molecule has 1 aromatic rings. The summed E-state index contributed by atoms with van der Waals surface area (Å²) in [4.78, 5) is 6.71. The molecule has 0 saturated heterocycles. The Morgan fingerprint density at radius 2 is 2.00 bits per heavy atom. The maximum Gasteiger partial charge on any atom is 0.128 e. The Bertz CT molecular complexity index is 374. The van der Waals surface area contributed by atoms with Gasteiger partial charge in [-0.25, -0.2) is 4.98 Å². The Balaban J connectivity index is 2.78. The van der Waals surface area contributed by atoms with Crippen LogP contribution < -0.4 is 11.1 Å². The van der Waals surface area contributed by atoms with Crippen LogP contribution in [0.15, 0.2) is 12.3 Å². The van der Waals surface area contributed by atoms with E-state index in [0.29, 0.717) is 5.82 Å². The van der Waals surface area contributed by atoms with E-state index in [-0.39, 0.29) is 6.04 Å². The molecule has 1 rings (SSSR count). The molecule has 0 spiro atoms. The zero-order chi connectivity index (χ0) is 14.3. The van der Waals surface area contributed by atoms with E-state index in [1.54, 1.807) is 0 Å². The summed E-state index contributed by atoms with van der Waals surface area (Å²) >= 11 is 0. The molecule has 0 bridgehead atoms. The highest BCUT2D eigenvalue weighted by molar-refractivity contribution is 5.43. The summed E-state index contributed by atoms with van der Waals surface area (Å²) in [6, 6.07) is 2.44. The minimum Gasteiger partial charge on any atom is -0.383 e. The van der Waals surface area contributed by atoms with Gasteiger partial charge >= 0.3 is 0 Å². The van der Waals surface area contributed by atoms with Crippen LogP contribution in [0.25, 0.3) is 0 Å². The number of aryl methyl sites for hydroxylation is 1. The number of nitrogens with two attached hydrogens (primary N) is 1. The minimum atomic E-state index is 0.290. The molecule has 0 saturated carbocycles. The van der Waals surface area contributed by atoms with Gasteiger partial charge in [0.1, 0.15) is 5.82 Å². The topological polar surface area (TPSA) is 54.2 Å². The molecule has 4 heteroatoms. The first kappa shape index (κ1) is 15.9. The molecule has 0 amide bonds. The van der Waals surface area contributed by atoms with Crippen molar-refractivity contribution in [1.82, 2.24) is 15.2 Å². The predicted molar refractivity (Wildman–Crippen MR) is 82.2 cm³/mol. The summed E-state index contributed by atoms with van der Waals surface area (Å²) < 4.78 is 0. The number of anilines is 1. The van der Waals surface area contributed by atoms with Crippen LogP contribution in [0.3, 0.4) is 0 Å². The summed E-state index contributed by atoms with van der Waals surface area (Å²) in [6.45, 7) is 12.8. The first-order valence-electron chi connectivity index (χ1n) is 7.30. The molecular weight excluding hydrogens is 236 g/mol. The van der Waals surface area contributed by atoms with Crippen LogP contribution in [0.2, 0.25) is 0 Å². The maximum absolute atomic E-state index is 6.03. The third kappa shape index (κ3) is 4.80. The number of hydrogen-bond acceptors (Lipinski definition) is 4. The van der Waals surface area contributed by atoms with Crippen molar-refractivity contribution in [2.75, 3.05) is 31.9 Å². The maximum atomic E-state index is 6.03. The van der Waals surface area contributed by atoms with Crippen LogP contribution in [0.5, 0.6) is 0 Å². The Hall–Kier alpha value is -1.13. The Labute approximate surface area is 117 Å². The fraction of sp³-hybridized carbons (Fsp3) is 0.667. The standard InChI is InChI=1S/C15H28N4/c1-5-17-14(8-9-19(6-2)7-3)13-10-12(4)11-18-15(13)16/h10-11,14,17H,5-9H2,1-4H3,(H2,16,18). The Morgan fingerprint density at radius 3 is 2.58 bits per heavy atom. The molecule has 0 aromatic carbocycles. The second-order valence-electron chi connectivity index (χ2n) is 4.91. The molecule has 0 aliphatic heterocycles. The number of nitrogens with zero attached hydrogens (tertiary/aromatic N) is 2. The van der Waals surface area contributed by atoms with Gasteiger partial charge in [0, 0.05) is 17.8 Å². The molecular formula is C15H28N4. The number of pyridine rings is 1. The number of nitrogen functional groups attached to an aromatic ring is 1. The van der Waals surface area contributed by atoms with Crippen LogP contribution in [0.4, 0.5) is 5.82 Å². The van der Waals surface area contributed by atoms with Crippen LogP contribution >= 0.6 is 0 Å². The van der Waals surface area contributed by atoms with Gasteiger partial charge < -0.3 is 16.0 Å². The SMILES string of the molecule is CCNC(CCN(CC)CC)c1cc(C)cnc1N. The largest absolute Gasteiger partial charge is 0.383 e. The van der Waals surface area contributed by atoms with Crippen molar-refractivity contribution in [3.8, 4) is 0 Å². The summed E-state index contributed by atoms with van der Waals surface area (Å²) in [7, 11) is 0. The van der Waals surface area contributed by atoms with Gasteiger partial charge in [-0.2, -0.15) is 0 Å². The fourth-order valence-corrected chi connectivity index (χ4v) is 2.35. The van der Waals surface area contributed by atoms with Gasteiger partial charge in [0.05, 0.1) is 0 Å². The molecule has 0 fully saturated rings. The third-order valence-electron chi connectivity index (χ3n) is 3.54. The van der Waals surface area contributed by atoms with Gasteiger partial charge in [-0.1, -0.05) is 20.8 Å². The van der Waals surface area contributed by atoms with E-state index in [1.165, 1.54) is 0 Å². The molecule has 0 radical (unpaired) electrons. The molecule has 1 atom stereocenters. The molecule has 19 heavy (non-hydrogen) atoms. The second-order valence-corrected chi connectivity index (χ2v) is 4.91. The highest BCUT2D eigenvalue weighted by Gasteiger charge is 2.15. The van der Waals surface area contributed by atoms with E-state index >= 15 is 0 Å². The molecule has 1 heterocycles. The normalized spacial score (nSPS) is 12.9. The Kier molecular flexibility index (Phi) is 6.81. The summed E-state index contributed by atoms with van der Waals surface area (Å²) in [5, 5.41) is 3.52. The van der Waals surface area contributed by atoms with Gasteiger partial charge in [0.2, 0.25) is 0 Å². The molecule has 1 unspecified atom stereocenters. The third-order valence-corrected chi connectivity index (χ3v) is 3.54. The lowest BCUT2D eigenvalue weighted by Crippen LogP contribution is -2.30. The van der Waals surface area contributed by atoms with Crippen LogP contribution in [0, 0.1) is 6.92 Å². The average Bonchev–Trinajstić information content (AvgIpc) is 2.41. The van der Waals surface area contributed by atoms with Crippen molar-refractivity contribution in [3.05, 3.63) is 23.4 Å². The van der Waals surface area contributed by atoms with Crippen molar-refractivity contribution in [3.63, 3.8) is 0 Å². The monoisotopic (exact) mass is 264 g/mol. The van der Waals surface area contributed by atoms with Crippen molar-refractivity contribution in [1.29, 1.82) is 0 Å². The number of rotatable bonds is 8. The highest BCUT2D eigenvalue weighted by atomic mass is 15.1. The molecule has 1 aromatic heterocycles. The quantitative estimate of drug-likeness (QED) is 0.757. The summed E-state index contributed by atoms with van der Waals surface area (Å²) in [5.41, 5.74) is 8.32. The van der Waals surface area contributed by atoms with Crippen molar-refractivity contribution in [2.45, 2.75) is 40.2 Å². The van der Waals surface area contributed by atoms with E-state index in [4.69, 9.17) is 5.73 Å². The predicted octanol–water partition coefficient (Wildman–Crippen LogP) is 2.35. The van der Waals surface area contributed by atoms with E-state index in [9.17, 15) is 0 Å². The molecule has 108 valence electrons. The van der Waals surface area contributed by atoms with Crippen LogP contribution in [0.1, 0.15) is 44.4 Å². The fourth-order valence-electron chi connectivity index (χ4n) is 2.35. The van der Waals surface area contributed by atoms with E-state index < -0.39 is 0 Å². The second kappa shape index (κ2) is 8.12. The summed E-state index contributed by atoms with van der Waals surface area (Å²) in [6.07, 6.45) is 2.89. The van der Waals surface area contributed by atoms with Gasteiger partial charge in [0.15, 0.2) is 0 Å². The zero-order valence-electron chi connectivity index (χ0n) is 12.7. The lowest BCUT2D eigenvalue weighted by Gasteiger charge is -2.24. The number of hydrogen-bond donors (Lipinski definition) is 2.